The summed E-state index contributed by atoms with van der Waals surface area (Å²) in [4.78, 5) is 0. The van der Waals surface area contributed by atoms with Crippen molar-refractivity contribution in [3.8, 4) is 22.3 Å². The monoisotopic (exact) mass is 500 g/mol. The molecule has 0 fully saturated rings. The molecule has 1 heterocycles. The van der Waals surface area contributed by atoms with Crippen LogP contribution in [0.25, 0.3) is 76.5 Å². The third-order valence-corrected chi connectivity index (χ3v) is 8.40. The summed E-state index contributed by atoms with van der Waals surface area (Å²) in [6.07, 6.45) is 0. The van der Waals surface area contributed by atoms with E-state index in [1.165, 1.54) is 54.6 Å². The summed E-state index contributed by atoms with van der Waals surface area (Å²) in [6.45, 7) is 6.75. The smallest absolute Gasteiger partial charge is 0.143 e. The molecule has 7 aromatic carbocycles. The van der Waals surface area contributed by atoms with Crippen LogP contribution in [0.4, 0.5) is 0 Å². The molecule has 0 radical (unpaired) electrons. The molecule has 0 unspecified atom stereocenters. The Kier molecular flexibility index (Phi) is 4.56. The minimum Gasteiger partial charge on any atom is -0.455 e. The zero-order valence-corrected chi connectivity index (χ0v) is 22.4. The molecule has 186 valence electrons. The van der Waals surface area contributed by atoms with Crippen molar-refractivity contribution in [2.45, 2.75) is 26.2 Å². The average Bonchev–Trinajstić information content (AvgIpc) is 3.34. The second-order valence-corrected chi connectivity index (χ2v) is 11.8. The first-order valence-electron chi connectivity index (χ1n) is 13.7. The van der Waals surface area contributed by atoms with Gasteiger partial charge in [0, 0.05) is 16.3 Å². The lowest BCUT2D eigenvalue weighted by Gasteiger charge is -2.19. The van der Waals surface area contributed by atoms with E-state index in [1.54, 1.807) is 0 Å². The molecule has 0 bridgehead atoms. The van der Waals surface area contributed by atoms with Gasteiger partial charge in [0.15, 0.2) is 0 Å². The number of furan rings is 1. The maximum Gasteiger partial charge on any atom is 0.143 e. The summed E-state index contributed by atoms with van der Waals surface area (Å²) < 4.78 is 6.51. The van der Waals surface area contributed by atoms with Gasteiger partial charge in [-0.1, -0.05) is 124 Å². The van der Waals surface area contributed by atoms with Crippen molar-refractivity contribution in [1.29, 1.82) is 0 Å². The number of para-hydroxylation sites is 1. The first-order chi connectivity index (χ1) is 19.0. The van der Waals surface area contributed by atoms with Crippen molar-refractivity contribution < 1.29 is 4.42 Å². The molecule has 0 saturated heterocycles. The molecule has 0 amide bonds. The number of benzene rings is 7. The van der Waals surface area contributed by atoms with Gasteiger partial charge in [0.1, 0.15) is 11.2 Å². The highest BCUT2D eigenvalue weighted by Gasteiger charge is 2.17. The van der Waals surface area contributed by atoms with E-state index in [4.69, 9.17) is 4.42 Å². The van der Waals surface area contributed by atoms with Crippen LogP contribution >= 0.6 is 0 Å². The second-order valence-electron chi connectivity index (χ2n) is 11.8. The zero-order valence-electron chi connectivity index (χ0n) is 22.4. The van der Waals surface area contributed by atoms with Crippen LogP contribution in [-0.4, -0.2) is 0 Å². The lowest BCUT2D eigenvalue weighted by atomic mass is 9.86. The van der Waals surface area contributed by atoms with E-state index < -0.39 is 0 Å². The summed E-state index contributed by atoms with van der Waals surface area (Å²) in [7, 11) is 0. The number of rotatable bonds is 2. The van der Waals surface area contributed by atoms with Crippen molar-refractivity contribution in [3.63, 3.8) is 0 Å². The highest BCUT2D eigenvalue weighted by Crippen LogP contribution is 2.42. The predicted molar refractivity (Wildman–Crippen MR) is 167 cm³/mol. The van der Waals surface area contributed by atoms with E-state index in [2.05, 4.69) is 136 Å². The topological polar surface area (TPSA) is 13.1 Å². The Morgan fingerprint density at radius 1 is 0.487 bits per heavy atom. The number of hydrogen-bond acceptors (Lipinski definition) is 1. The fraction of sp³-hybridized carbons (Fsp3) is 0.105. The van der Waals surface area contributed by atoms with E-state index in [1.807, 2.05) is 0 Å². The van der Waals surface area contributed by atoms with Crippen LogP contribution in [0.1, 0.15) is 26.3 Å². The largest absolute Gasteiger partial charge is 0.455 e. The van der Waals surface area contributed by atoms with Crippen molar-refractivity contribution >= 4 is 54.3 Å². The average molecular weight is 501 g/mol. The van der Waals surface area contributed by atoms with Gasteiger partial charge in [0.2, 0.25) is 0 Å². The molecule has 1 aromatic heterocycles. The SMILES string of the molecule is CC(C)(C)c1ccc(-c2cccc3c2oc2ccc(-c4ccc5ccc6cccc7ccc4c5c67)cc23)cc1. The van der Waals surface area contributed by atoms with Gasteiger partial charge < -0.3 is 4.42 Å². The van der Waals surface area contributed by atoms with Crippen molar-refractivity contribution in [2.75, 3.05) is 0 Å². The lowest BCUT2D eigenvalue weighted by Crippen LogP contribution is -2.10. The van der Waals surface area contributed by atoms with Gasteiger partial charge in [-0.05, 0) is 72.1 Å². The third kappa shape index (κ3) is 3.33. The van der Waals surface area contributed by atoms with E-state index in [-0.39, 0.29) is 5.41 Å². The van der Waals surface area contributed by atoms with Crippen LogP contribution < -0.4 is 0 Å². The fourth-order valence-corrected chi connectivity index (χ4v) is 6.33. The highest BCUT2D eigenvalue weighted by atomic mass is 16.3. The molecule has 0 aliphatic carbocycles. The zero-order chi connectivity index (χ0) is 26.3. The van der Waals surface area contributed by atoms with E-state index in [0.717, 1.165) is 27.5 Å². The van der Waals surface area contributed by atoms with Gasteiger partial charge in [0.05, 0.1) is 0 Å². The predicted octanol–water partition coefficient (Wildman–Crippen LogP) is 11.1. The molecule has 0 saturated carbocycles. The van der Waals surface area contributed by atoms with Crippen LogP contribution in [0.2, 0.25) is 0 Å². The first kappa shape index (κ1) is 22.4. The molecular formula is C38H28O. The van der Waals surface area contributed by atoms with E-state index in [0.29, 0.717) is 0 Å². The van der Waals surface area contributed by atoms with Gasteiger partial charge in [-0.25, -0.2) is 0 Å². The summed E-state index contributed by atoms with van der Waals surface area (Å²) in [5.41, 5.74) is 8.11. The van der Waals surface area contributed by atoms with Gasteiger partial charge in [-0.3, -0.25) is 0 Å². The normalized spacial score (nSPS) is 12.5. The summed E-state index contributed by atoms with van der Waals surface area (Å²) in [5.74, 6) is 0. The Morgan fingerprint density at radius 2 is 1.15 bits per heavy atom. The summed E-state index contributed by atoms with van der Waals surface area (Å²) in [5, 5.41) is 10.2. The highest BCUT2D eigenvalue weighted by molar-refractivity contribution is 6.25. The Hall–Kier alpha value is -4.62. The van der Waals surface area contributed by atoms with Crippen LogP contribution in [-0.2, 0) is 5.41 Å². The molecule has 0 aliphatic rings. The molecule has 8 rings (SSSR count). The van der Waals surface area contributed by atoms with Crippen molar-refractivity contribution in [3.05, 3.63) is 121 Å². The molecular weight excluding hydrogens is 472 g/mol. The maximum atomic E-state index is 6.51. The maximum absolute atomic E-state index is 6.51. The summed E-state index contributed by atoms with van der Waals surface area (Å²) in [6, 6.07) is 42.2. The Bertz CT molecular complexity index is 2170. The third-order valence-electron chi connectivity index (χ3n) is 8.40. The van der Waals surface area contributed by atoms with Crippen LogP contribution in [0, 0.1) is 0 Å². The van der Waals surface area contributed by atoms with Crippen LogP contribution in [0.3, 0.4) is 0 Å². The molecule has 8 aromatic rings. The van der Waals surface area contributed by atoms with Crippen LogP contribution in [0.15, 0.2) is 120 Å². The molecule has 0 N–H and O–H groups in total. The van der Waals surface area contributed by atoms with Gasteiger partial charge in [-0.2, -0.15) is 0 Å². The van der Waals surface area contributed by atoms with E-state index in [9.17, 15) is 0 Å². The molecule has 0 atom stereocenters. The quantitative estimate of drug-likeness (QED) is 0.215. The molecule has 0 spiro atoms. The minimum atomic E-state index is 0.130. The Labute approximate surface area is 227 Å². The van der Waals surface area contributed by atoms with Crippen LogP contribution in [0.5, 0.6) is 0 Å². The Morgan fingerprint density at radius 3 is 1.92 bits per heavy atom. The second kappa shape index (κ2) is 7.94. The molecule has 1 nitrogen and oxygen atoms in total. The van der Waals surface area contributed by atoms with Crippen molar-refractivity contribution in [1.82, 2.24) is 0 Å². The Balaban J connectivity index is 1.32. The first-order valence-corrected chi connectivity index (χ1v) is 13.7. The standard InChI is InChI=1S/C38H28O/c1-38(2,3)28-17-12-23(13-18-28)30-8-5-9-32-33-22-27(16-21-34(33)39-37(30)32)29-19-14-26-11-10-24-6-4-7-25-15-20-31(29)36(26)35(24)25/h4-22H,1-3H3. The van der Waals surface area contributed by atoms with Gasteiger partial charge in [0.25, 0.3) is 0 Å². The van der Waals surface area contributed by atoms with Crippen molar-refractivity contribution in [2.24, 2.45) is 0 Å². The fourth-order valence-electron chi connectivity index (χ4n) is 6.33. The molecule has 1 heteroatoms. The van der Waals surface area contributed by atoms with Gasteiger partial charge >= 0.3 is 0 Å². The van der Waals surface area contributed by atoms with Gasteiger partial charge in [-0.15, -0.1) is 0 Å². The number of fused-ring (bicyclic) bond motifs is 3. The molecule has 39 heavy (non-hydrogen) atoms. The minimum absolute atomic E-state index is 0.130. The lowest BCUT2D eigenvalue weighted by molar-refractivity contribution is 0.590. The number of hydrogen-bond donors (Lipinski definition) is 0. The van der Waals surface area contributed by atoms with E-state index >= 15 is 0 Å². The summed E-state index contributed by atoms with van der Waals surface area (Å²) >= 11 is 0. The molecule has 0 aliphatic heterocycles.